The molecule has 168 valence electrons. The minimum absolute atomic E-state index is 0.0267. The summed E-state index contributed by atoms with van der Waals surface area (Å²) in [7, 11) is 1.57. The number of ether oxygens (including phenoxy) is 1. The number of rotatable bonds is 3. The molecule has 0 radical (unpaired) electrons. The zero-order chi connectivity index (χ0) is 21.5. The lowest BCUT2D eigenvalue weighted by molar-refractivity contribution is -0.145. The van der Waals surface area contributed by atoms with Crippen molar-refractivity contribution >= 4 is 23.4 Å². The summed E-state index contributed by atoms with van der Waals surface area (Å²) in [6, 6.07) is 6.20. The molecule has 0 spiro atoms. The first-order chi connectivity index (χ1) is 15.0. The molecule has 2 bridgehead atoms. The van der Waals surface area contributed by atoms with Gasteiger partial charge in [0.1, 0.15) is 5.75 Å². The first kappa shape index (κ1) is 21.1. The van der Waals surface area contributed by atoms with Gasteiger partial charge in [-0.05, 0) is 62.1 Å². The summed E-state index contributed by atoms with van der Waals surface area (Å²) in [6.45, 7) is 4.69. The maximum absolute atomic E-state index is 13.1. The van der Waals surface area contributed by atoms with Gasteiger partial charge in [0.15, 0.2) is 0 Å². The molecule has 4 heterocycles. The summed E-state index contributed by atoms with van der Waals surface area (Å²) in [5.74, 6) is 2.17. The average molecular weight is 446 g/mol. The molecule has 4 fully saturated rings. The van der Waals surface area contributed by atoms with E-state index in [0.29, 0.717) is 46.2 Å². The fourth-order valence-corrected chi connectivity index (χ4v) is 6.55. The van der Waals surface area contributed by atoms with Gasteiger partial charge >= 0.3 is 0 Å². The highest BCUT2D eigenvalue weighted by Crippen LogP contribution is 2.39. The zero-order valence-electron chi connectivity index (χ0n) is 18.3. The second-order valence-corrected chi connectivity index (χ2v) is 10.1. The Morgan fingerprint density at radius 3 is 2.71 bits per heavy atom. The number of carbonyl (C=O) groups excluding carboxylic acids is 2. The number of benzene rings is 1. The van der Waals surface area contributed by atoms with E-state index in [2.05, 4.69) is 9.80 Å². The molecule has 0 aromatic heterocycles. The van der Waals surface area contributed by atoms with Crippen LogP contribution in [0.1, 0.15) is 48.9 Å². The number of likely N-dealkylation sites (tertiary alicyclic amines) is 2. The third kappa shape index (κ3) is 4.05. The van der Waals surface area contributed by atoms with E-state index in [0.717, 1.165) is 58.4 Å². The maximum atomic E-state index is 13.1. The van der Waals surface area contributed by atoms with Gasteiger partial charge in [-0.25, -0.2) is 0 Å². The lowest BCUT2D eigenvalue weighted by Crippen LogP contribution is -2.62. The monoisotopic (exact) mass is 445 g/mol. The predicted molar refractivity (Wildman–Crippen MR) is 119 cm³/mol. The number of fused-ring (bicyclic) bond motifs is 4. The van der Waals surface area contributed by atoms with Crippen LogP contribution in [-0.2, 0) is 4.79 Å². The van der Waals surface area contributed by atoms with Crippen molar-refractivity contribution in [2.24, 2.45) is 11.8 Å². The molecule has 31 heavy (non-hydrogen) atoms. The number of methoxy groups -OCH3 is 1. The minimum atomic E-state index is 0.0267. The van der Waals surface area contributed by atoms with Crippen LogP contribution >= 0.6 is 11.6 Å². The number of halogens is 1. The third-order valence-corrected chi connectivity index (χ3v) is 8.11. The van der Waals surface area contributed by atoms with E-state index < -0.39 is 0 Å². The lowest BCUT2D eigenvalue weighted by Gasteiger charge is -2.54. The molecule has 4 saturated heterocycles. The molecule has 0 saturated carbocycles. The van der Waals surface area contributed by atoms with Crippen LogP contribution in [0.3, 0.4) is 0 Å². The van der Waals surface area contributed by atoms with Crippen LogP contribution in [0.15, 0.2) is 18.2 Å². The zero-order valence-corrected chi connectivity index (χ0v) is 19.0. The summed E-state index contributed by atoms with van der Waals surface area (Å²) in [5, 5.41) is 0.570. The Morgan fingerprint density at radius 1 is 1.13 bits per heavy atom. The standard InChI is InChI=1S/C24H32ClN3O3/c1-31-22-12-18(25)5-6-20(22)24(30)26-9-7-19(8-10-26)27-13-16-11-17(15-27)21-3-2-4-23(29)28(21)14-16/h5-6,12,16-17,19,21H,2-4,7-11,13-15H2,1H3/t16-,17-,21-/m1/s1. The normalized spacial score (nSPS) is 29.6. The van der Waals surface area contributed by atoms with Gasteiger partial charge in [0, 0.05) is 56.3 Å². The highest BCUT2D eigenvalue weighted by molar-refractivity contribution is 6.30. The van der Waals surface area contributed by atoms with E-state index in [1.807, 2.05) is 4.90 Å². The molecular formula is C24H32ClN3O3. The SMILES string of the molecule is COc1cc(Cl)ccc1C(=O)N1CCC(N2C[C@H]3C[C@H](C2)[C@H]2CCCC(=O)N2C3)CC1. The van der Waals surface area contributed by atoms with E-state index in [-0.39, 0.29) is 5.91 Å². The molecule has 2 amide bonds. The lowest BCUT2D eigenvalue weighted by atomic mass is 9.75. The van der Waals surface area contributed by atoms with Gasteiger partial charge in [0.05, 0.1) is 12.7 Å². The van der Waals surface area contributed by atoms with Crippen LogP contribution in [0, 0.1) is 11.8 Å². The summed E-state index contributed by atoms with van der Waals surface area (Å²) < 4.78 is 5.38. The Morgan fingerprint density at radius 2 is 1.94 bits per heavy atom. The molecular weight excluding hydrogens is 414 g/mol. The van der Waals surface area contributed by atoms with Crippen LogP contribution in [0.4, 0.5) is 0 Å². The Hall–Kier alpha value is -1.79. The van der Waals surface area contributed by atoms with Crippen LogP contribution in [0.2, 0.25) is 5.02 Å². The summed E-state index contributed by atoms with van der Waals surface area (Å²) >= 11 is 6.05. The fraction of sp³-hybridized carbons (Fsp3) is 0.667. The number of piperidine rings is 4. The summed E-state index contributed by atoms with van der Waals surface area (Å²) in [4.78, 5) is 32.3. The highest BCUT2D eigenvalue weighted by atomic mass is 35.5. The van der Waals surface area contributed by atoms with E-state index in [1.54, 1.807) is 25.3 Å². The second kappa shape index (κ2) is 8.62. The molecule has 0 aliphatic carbocycles. The Kier molecular flexibility index (Phi) is 5.86. The number of hydrogen-bond acceptors (Lipinski definition) is 4. The molecule has 0 N–H and O–H groups in total. The quantitative estimate of drug-likeness (QED) is 0.716. The first-order valence-electron chi connectivity index (χ1n) is 11.7. The van der Waals surface area contributed by atoms with Crippen molar-refractivity contribution in [3.8, 4) is 5.75 Å². The molecule has 3 atom stereocenters. The molecule has 4 aliphatic rings. The minimum Gasteiger partial charge on any atom is -0.496 e. The van der Waals surface area contributed by atoms with Crippen molar-refractivity contribution in [1.29, 1.82) is 0 Å². The van der Waals surface area contributed by atoms with Crippen molar-refractivity contribution in [2.75, 3.05) is 39.8 Å². The number of amides is 2. The van der Waals surface area contributed by atoms with Gasteiger partial charge in [-0.2, -0.15) is 0 Å². The van der Waals surface area contributed by atoms with Crippen LogP contribution < -0.4 is 4.74 Å². The van der Waals surface area contributed by atoms with Gasteiger partial charge in [0.25, 0.3) is 5.91 Å². The highest BCUT2D eigenvalue weighted by Gasteiger charge is 2.45. The summed E-state index contributed by atoms with van der Waals surface area (Å²) in [6.07, 6.45) is 6.26. The van der Waals surface area contributed by atoms with Crippen molar-refractivity contribution in [2.45, 2.75) is 50.6 Å². The average Bonchev–Trinajstić information content (AvgIpc) is 2.79. The predicted octanol–water partition coefficient (Wildman–Crippen LogP) is 3.29. The fourth-order valence-electron chi connectivity index (χ4n) is 6.39. The number of nitrogens with zero attached hydrogens (tertiary/aromatic N) is 3. The Labute approximate surface area is 189 Å². The maximum Gasteiger partial charge on any atom is 0.257 e. The molecule has 1 aromatic rings. The van der Waals surface area contributed by atoms with E-state index >= 15 is 0 Å². The van der Waals surface area contributed by atoms with Crippen LogP contribution in [0.25, 0.3) is 0 Å². The number of carbonyl (C=O) groups is 2. The molecule has 0 unspecified atom stereocenters. The molecule has 1 aromatic carbocycles. The van der Waals surface area contributed by atoms with E-state index in [4.69, 9.17) is 16.3 Å². The molecule has 5 rings (SSSR count). The van der Waals surface area contributed by atoms with Crippen molar-refractivity contribution < 1.29 is 14.3 Å². The van der Waals surface area contributed by atoms with E-state index in [9.17, 15) is 9.59 Å². The van der Waals surface area contributed by atoms with Crippen LogP contribution in [-0.4, -0.2) is 78.4 Å². The first-order valence-corrected chi connectivity index (χ1v) is 12.1. The van der Waals surface area contributed by atoms with Gasteiger partial charge in [-0.3, -0.25) is 14.5 Å². The van der Waals surface area contributed by atoms with Gasteiger partial charge in [-0.1, -0.05) is 11.6 Å². The Balaban J connectivity index is 1.21. The smallest absolute Gasteiger partial charge is 0.257 e. The van der Waals surface area contributed by atoms with Crippen molar-refractivity contribution in [3.05, 3.63) is 28.8 Å². The molecule has 7 heteroatoms. The van der Waals surface area contributed by atoms with E-state index in [1.165, 1.54) is 12.8 Å². The third-order valence-electron chi connectivity index (χ3n) is 7.87. The van der Waals surface area contributed by atoms with Crippen LogP contribution in [0.5, 0.6) is 5.75 Å². The van der Waals surface area contributed by atoms with Crippen molar-refractivity contribution in [1.82, 2.24) is 14.7 Å². The Bertz CT molecular complexity index is 854. The summed E-state index contributed by atoms with van der Waals surface area (Å²) in [5.41, 5.74) is 0.583. The molecule has 6 nitrogen and oxygen atoms in total. The topological polar surface area (TPSA) is 53.1 Å². The largest absolute Gasteiger partial charge is 0.496 e. The van der Waals surface area contributed by atoms with Gasteiger partial charge in [-0.15, -0.1) is 0 Å². The van der Waals surface area contributed by atoms with Gasteiger partial charge < -0.3 is 14.5 Å². The molecule has 4 aliphatic heterocycles. The van der Waals surface area contributed by atoms with Crippen molar-refractivity contribution in [3.63, 3.8) is 0 Å². The number of hydrogen-bond donors (Lipinski definition) is 0. The second-order valence-electron chi connectivity index (χ2n) is 9.69. The van der Waals surface area contributed by atoms with Gasteiger partial charge in [0.2, 0.25) is 5.91 Å².